The molecule has 1 fully saturated rings. The topological polar surface area (TPSA) is 79.6 Å². The second-order valence-corrected chi connectivity index (χ2v) is 4.21. The first kappa shape index (κ1) is 11.5. The molecule has 0 radical (unpaired) electrons. The van der Waals surface area contributed by atoms with Gasteiger partial charge < -0.3 is 9.73 Å². The summed E-state index contributed by atoms with van der Waals surface area (Å²) in [4.78, 5) is 35.8. The standard InChI is InChI=1S/C13H10N2O4/c16-10(6-15-12(17)5-14-13(15)18)9-7-19-11-4-2-1-3-8(9)11/h1-4,7H,5-6H2,(H,14,18). The minimum Gasteiger partial charge on any atom is -0.464 e. The molecule has 19 heavy (non-hydrogen) atoms. The number of carbonyl (C=O) groups is 3. The molecule has 1 aliphatic rings. The Bertz CT molecular complexity index is 673. The van der Waals surface area contributed by atoms with Gasteiger partial charge in [0.15, 0.2) is 5.78 Å². The highest BCUT2D eigenvalue weighted by Crippen LogP contribution is 2.21. The van der Waals surface area contributed by atoms with Gasteiger partial charge in [-0.05, 0) is 6.07 Å². The van der Waals surface area contributed by atoms with Crippen molar-refractivity contribution in [1.82, 2.24) is 10.2 Å². The zero-order chi connectivity index (χ0) is 13.4. The Hall–Kier alpha value is -2.63. The molecule has 6 heteroatoms. The molecule has 6 nitrogen and oxygen atoms in total. The van der Waals surface area contributed by atoms with E-state index >= 15 is 0 Å². The summed E-state index contributed by atoms with van der Waals surface area (Å²) in [7, 11) is 0. The fourth-order valence-electron chi connectivity index (χ4n) is 2.04. The summed E-state index contributed by atoms with van der Waals surface area (Å²) < 4.78 is 5.26. The second-order valence-electron chi connectivity index (χ2n) is 4.21. The number of hydrogen-bond donors (Lipinski definition) is 1. The molecule has 1 aliphatic heterocycles. The van der Waals surface area contributed by atoms with E-state index in [4.69, 9.17) is 4.42 Å². The van der Waals surface area contributed by atoms with Crippen molar-refractivity contribution in [3.05, 3.63) is 36.1 Å². The number of urea groups is 1. The predicted octanol–water partition coefficient (Wildman–Crippen LogP) is 1.17. The van der Waals surface area contributed by atoms with Crippen LogP contribution in [0.1, 0.15) is 10.4 Å². The van der Waals surface area contributed by atoms with E-state index in [1.807, 2.05) is 0 Å². The molecular formula is C13H10N2O4. The van der Waals surface area contributed by atoms with Crippen molar-refractivity contribution in [3.8, 4) is 0 Å². The number of Topliss-reactive ketones (excluding diaryl/α,β-unsaturated/α-hetero) is 1. The molecule has 0 bridgehead atoms. The van der Waals surface area contributed by atoms with Gasteiger partial charge in [-0.3, -0.25) is 14.5 Å². The Labute approximate surface area is 108 Å². The molecule has 0 aliphatic carbocycles. The molecule has 2 aromatic rings. The largest absolute Gasteiger partial charge is 0.464 e. The number of hydrogen-bond acceptors (Lipinski definition) is 4. The van der Waals surface area contributed by atoms with Crippen LogP contribution in [0.25, 0.3) is 11.0 Å². The molecule has 0 saturated carbocycles. The van der Waals surface area contributed by atoms with Crippen molar-refractivity contribution < 1.29 is 18.8 Å². The van der Waals surface area contributed by atoms with E-state index in [-0.39, 0.29) is 18.9 Å². The SMILES string of the molecule is O=C(CN1C(=O)CNC1=O)c1coc2ccccc12. The van der Waals surface area contributed by atoms with Crippen molar-refractivity contribution in [2.75, 3.05) is 13.1 Å². The maximum Gasteiger partial charge on any atom is 0.325 e. The van der Waals surface area contributed by atoms with Gasteiger partial charge in [0, 0.05) is 5.39 Å². The van der Waals surface area contributed by atoms with Gasteiger partial charge >= 0.3 is 6.03 Å². The van der Waals surface area contributed by atoms with Crippen molar-refractivity contribution in [2.45, 2.75) is 0 Å². The van der Waals surface area contributed by atoms with Gasteiger partial charge in [0.25, 0.3) is 0 Å². The minimum atomic E-state index is -0.536. The number of para-hydroxylation sites is 1. The van der Waals surface area contributed by atoms with E-state index < -0.39 is 11.9 Å². The summed E-state index contributed by atoms with van der Waals surface area (Å²) in [6.45, 7) is -0.327. The van der Waals surface area contributed by atoms with Gasteiger partial charge in [-0.25, -0.2) is 4.79 Å². The van der Waals surface area contributed by atoms with Crippen molar-refractivity contribution >= 4 is 28.7 Å². The molecule has 3 rings (SSSR count). The summed E-state index contributed by atoms with van der Waals surface area (Å²) in [5.74, 6) is -0.721. The minimum absolute atomic E-state index is 0.0573. The maximum atomic E-state index is 12.1. The van der Waals surface area contributed by atoms with Gasteiger partial charge in [0.2, 0.25) is 5.91 Å². The Morgan fingerprint density at radius 1 is 1.32 bits per heavy atom. The lowest BCUT2D eigenvalue weighted by molar-refractivity contribution is -0.124. The van der Waals surface area contributed by atoms with Crippen molar-refractivity contribution in [3.63, 3.8) is 0 Å². The average Bonchev–Trinajstić information content (AvgIpc) is 2.97. The van der Waals surface area contributed by atoms with Gasteiger partial charge in [-0.15, -0.1) is 0 Å². The molecule has 1 saturated heterocycles. The Kier molecular flexibility index (Phi) is 2.56. The molecule has 1 aromatic carbocycles. The number of rotatable bonds is 3. The number of nitrogens with zero attached hydrogens (tertiary/aromatic N) is 1. The summed E-state index contributed by atoms with van der Waals surface area (Å²) >= 11 is 0. The summed E-state index contributed by atoms with van der Waals surface area (Å²) in [6.07, 6.45) is 1.35. The van der Waals surface area contributed by atoms with Crippen LogP contribution in [0.5, 0.6) is 0 Å². The zero-order valence-corrected chi connectivity index (χ0v) is 9.88. The van der Waals surface area contributed by atoms with Gasteiger partial charge in [0.1, 0.15) is 11.8 Å². The third-order valence-electron chi connectivity index (χ3n) is 3.02. The van der Waals surface area contributed by atoms with E-state index in [1.54, 1.807) is 24.3 Å². The Balaban J connectivity index is 1.88. The van der Waals surface area contributed by atoms with E-state index in [9.17, 15) is 14.4 Å². The highest BCUT2D eigenvalue weighted by molar-refractivity contribution is 6.12. The first-order chi connectivity index (χ1) is 9.16. The lowest BCUT2D eigenvalue weighted by Crippen LogP contribution is -2.35. The van der Waals surface area contributed by atoms with E-state index in [2.05, 4.69) is 5.32 Å². The van der Waals surface area contributed by atoms with Crippen LogP contribution in [0.3, 0.4) is 0 Å². The molecular weight excluding hydrogens is 248 g/mol. The number of furan rings is 1. The first-order valence-corrected chi connectivity index (χ1v) is 5.74. The monoisotopic (exact) mass is 258 g/mol. The van der Waals surface area contributed by atoms with E-state index in [0.717, 1.165) is 4.90 Å². The summed E-state index contributed by atoms with van der Waals surface area (Å²) in [6, 6.07) is 6.57. The average molecular weight is 258 g/mol. The van der Waals surface area contributed by atoms with E-state index in [1.165, 1.54) is 6.26 Å². The quantitative estimate of drug-likeness (QED) is 0.662. The molecule has 0 unspecified atom stereocenters. The van der Waals surface area contributed by atoms with Gasteiger partial charge in [0.05, 0.1) is 18.7 Å². The zero-order valence-electron chi connectivity index (χ0n) is 9.88. The molecule has 0 spiro atoms. The third-order valence-corrected chi connectivity index (χ3v) is 3.02. The van der Waals surface area contributed by atoms with Crippen LogP contribution in [0, 0.1) is 0 Å². The normalized spacial score (nSPS) is 15.1. The lowest BCUT2D eigenvalue weighted by atomic mass is 10.1. The number of ketones is 1. The smallest absolute Gasteiger partial charge is 0.325 e. The van der Waals surface area contributed by atoms with Crippen molar-refractivity contribution in [1.29, 1.82) is 0 Å². The molecule has 96 valence electrons. The third kappa shape index (κ3) is 1.87. The predicted molar refractivity (Wildman–Crippen MR) is 65.7 cm³/mol. The number of fused-ring (bicyclic) bond motifs is 1. The number of benzene rings is 1. The van der Waals surface area contributed by atoms with Crippen LogP contribution in [-0.4, -0.2) is 35.7 Å². The van der Waals surface area contributed by atoms with Gasteiger partial charge in [-0.2, -0.15) is 0 Å². The summed E-state index contributed by atoms with van der Waals surface area (Å²) in [5, 5.41) is 3.05. The molecule has 1 aromatic heterocycles. The second kappa shape index (κ2) is 4.24. The van der Waals surface area contributed by atoms with Crippen molar-refractivity contribution in [2.24, 2.45) is 0 Å². The first-order valence-electron chi connectivity index (χ1n) is 5.74. The van der Waals surface area contributed by atoms with E-state index in [0.29, 0.717) is 16.5 Å². The number of nitrogens with one attached hydrogen (secondary N) is 1. The summed E-state index contributed by atoms with van der Waals surface area (Å²) in [5.41, 5.74) is 0.978. The highest BCUT2D eigenvalue weighted by atomic mass is 16.3. The highest BCUT2D eigenvalue weighted by Gasteiger charge is 2.31. The maximum absolute atomic E-state index is 12.1. The number of carbonyl (C=O) groups excluding carboxylic acids is 3. The van der Waals surface area contributed by atoms with Crippen LogP contribution in [0.2, 0.25) is 0 Å². The van der Waals surface area contributed by atoms with Crippen LogP contribution in [-0.2, 0) is 4.79 Å². The molecule has 3 amide bonds. The fourth-order valence-corrected chi connectivity index (χ4v) is 2.04. The lowest BCUT2D eigenvalue weighted by Gasteiger charge is -2.10. The molecule has 1 N–H and O–H groups in total. The van der Waals surface area contributed by atoms with Gasteiger partial charge in [-0.1, -0.05) is 18.2 Å². The Morgan fingerprint density at radius 2 is 2.11 bits per heavy atom. The van der Waals surface area contributed by atoms with Crippen LogP contribution in [0.4, 0.5) is 4.79 Å². The Morgan fingerprint density at radius 3 is 2.84 bits per heavy atom. The number of amides is 3. The van der Waals surface area contributed by atoms with Crippen LogP contribution >= 0.6 is 0 Å². The molecule has 0 atom stereocenters. The number of imide groups is 1. The molecule has 2 heterocycles. The van der Waals surface area contributed by atoms with Crippen LogP contribution in [0.15, 0.2) is 34.9 Å². The van der Waals surface area contributed by atoms with Crippen LogP contribution < -0.4 is 5.32 Å². The fraction of sp³-hybridized carbons (Fsp3) is 0.154.